The van der Waals surface area contributed by atoms with Gasteiger partial charge in [0.25, 0.3) is 10.0 Å². The van der Waals surface area contributed by atoms with E-state index in [4.69, 9.17) is 23.2 Å². The number of hydrogen-bond acceptors (Lipinski definition) is 3. The second-order valence-corrected chi connectivity index (χ2v) is 6.61. The van der Waals surface area contributed by atoms with Crippen LogP contribution in [0.3, 0.4) is 0 Å². The number of benzene rings is 2. The molecular formula is C13H9Cl2F2NO3S. The van der Waals surface area contributed by atoms with Gasteiger partial charge in [0.2, 0.25) is 0 Å². The Hall–Kier alpha value is -1.57. The largest absolute Gasteiger partial charge is 0.433 e. The first kappa shape index (κ1) is 16.8. The average Bonchev–Trinajstić information content (AvgIpc) is 2.41. The Morgan fingerprint density at radius 2 is 1.68 bits per heavy atom. The highest BCUT2D eigenvalue weighted by atomic mass is 35.5. The van der Waals surface area contributed by atoms with Crippen LogP contribution in [0.2, 0.25) is 10.0 Å². The molecule has 0 heterocycles. The highest BCUT2D eigenvalue weighted by Gasteiger charge is 2.15. The number of hydrogen-bond donors (Lipinski definition) is 1. The average molecular weight is 368 g/mol. The minimum Gasteiger partial charge on any atom is -0.433 e. The van der Waals surface area contributed by atoms with Crippen molar-refractivity contribution in [2.75, 3.05) is 4.72 Å². The van der Waals surface area contributed by atoms with Crippen LogP contribution in [-0.2, 0) is 10.0 Å². The lowest BCUT2D eigenvalue weighted by Crippen LogP contribution is -2.13. The van der Waals surface area contributed by atoms with Gasteiger partial charge >= 0.3 is 6.61 Å². The zero-order chi connectivity index (χ0) is 16.3. The molecule has 0 saturated heterocycles. The molecule has 0 fully saturated rings. The molecular weight excluding hydrogens is 359 g/mol. The van der Waals surface area contributed by atoms with Crippen molar-refractivity contribution in [1.82, 2.24) is 0 Å². The van der Waals surface area contributed by atoms with Crippen molar-refractivity contribution in [3.63, 3.8) is 0 Å². The van der Waals surface area contributed by atoms with E-state index in [1.165, 1.54) is 36.4 Å². The lowest BCUT2D eigenvalue weighted by atomic mass is 10.3. The van der Waals surface area contributed by atoms with Gasteiger partial charge in [-0.3, -0.25) is 4.72 Å². The molecule has 0 aromatic heterocycles. The van der Waals surface area contributed by atoms with E-state index in [-0.39, 0.29) is 21.4 Å². The molecule has 0 bridgehead atoms. The summed E-state index contributed by atoms with van der Waals surface area (Å²) in [6, 6.07) is 9.12. The second-order valence-electron chi connectivity index (χ2n) is 4.08. The molecule has 0 amide bonds. The number of halogens is 4. The molecule has 0 radical (unpaired) electrons. The van der Waals surface area contributed by atoms with Gasteiger partial charge in [-0.15, -0.1) is 0 Å². The topological polar surface area (TPSA) is 55.4 Å². The maximum Gasteiger partial charge on any atom is 0.387 e. The van der Waals surface area contributed by atoms with Gasteiger partial charge in [-0.2, -0.15) is 8.78 Å². The molecule has 0 atom stereocenters. The molecule has 0 saturated carbocycles. The Balaban J connectivity index is 2.23. The van der Waals surface area contributed by atoms with Crippen molar-refractivity contribution >= 4 is 38.9 Å². The molecule has 2 aromatic rings. The van der Waals surface area contributed by atoms with Gasteiger partial charge in [0.05, 0.1) is 15.6 Å². The Kier molecular flexibility index (Phi) is 5.10. The van der Waals surface area contributed by atoms with Crippen LogP contribution in [0.25, 0.3) is 0 Å². The molecule has 22 heavy (non-hydrogen) atoms. The van der Waals surface area contributed by atoms with Gasteiger partial charge in [-0.1, -0.05) is 23.2 Å². The third-order valence-corrected chi connectivity index (χ3v) is 4.47. The Bertz CT molecular complexity index is 767. The van der Waals surface area contributed by atoms with Crippen LogP contribution in [0.15, 0.2) is 47.4 Å². The standard InChI is InChI=1S/C13H9Cl2F2NO3S/c14-8-1-4-10(5-2-8)22(19,20)18-9-3-6-12(11(15)7-9)21-13(16)17/h1-7,13,18H. The quantitative estimate of drug-likeness (QED) is 0.852. The summed E-state index contributed by atoms with van der Waals surface area (Å²) in [4.78, 5) is 0.000861. The summed E-state index contributed by atoms with van der Waals surface area (Å²) < 4.78 is 55.0. The summed E-state index contributed by atoms with van der Waals surface area (Å²) in [6.07, 6.45) is 0. The van der Waals surface area contributed by atoms with Crippen LogP contribution in [0.1, 0.15) is 0 Å². The van der Waals surface area contributed by atoms with E-state index in [1.54, 1.807) is 0 Å². The fraction of sp³-hybridized carbons (Fsp3) is 0.0769. The highest BCUT2D eigenvalue weighted by molar-refractivity contribution is 7.92. The van der Waals surface area contributed by atoms with Gasteiger partial charge in [0, 0.05) is 5.02 Å². The number of nitrogens with one attached hydrogen (secondary N) is 1. The van der Waals surface area contributed by atoms with E-state index in [9.17, 15) is 17.2 Å². The summed E-state index contributed by atoms with van der Waals surface area (Å²) in [5.74, 6) is -0.244. The van der Waals surface area contributed by atoms with Crippen molar-refractivity contribution in [2.24, 2.45) is 0 Å². The molecule has 9 heteroatoms. The first-order valence-corrected chi connectivity index (χ1v) is 8.04. The van der Waals surface area contributed by atoms with Crippen molar-refractivity contribution in [3.8, 4) is 5.75 Å². The van der Waals surface area contributed by atoms with Gasteiger partial charge < -0.3 is 4.74 Å². The zero-order valence-electron chi connectivity index (χ0n) is 10.8. The van der Waals surface area contributed by atoms with Gasteiger partial charge in [0.15, 0.2) is 0 Å². The number of alkyl halides is 2. The number of ether oxygens (including phenoxy) is 1. The monoisotopic (exact) mass is 367 g/mol. The first-order valence-electron chi connectivity index (χ1n) is 5.81. The molecule has 0 unspecified atom stereocenters. The van der Waals surface area contributed by atoms with Crippen molar-refractivity contribution < 1.29 is 21.9 Å². The fourth-order valence-electron chi connectivity index (χ4n) is 1.58. The van der Waals surface area contributed by atoms with Gasteiger partial charge in [-0.25, -0.2) is 8.42 Å². The van der Waals surface area contributed by atoms with E-state index >= 15 is 0 Å². The molecule has 1 N–H and O–H groups in total. The van der Waals surface area contributed by atoms with Crippen LogP contribution >= 0.6 is 23.2 Å². The molecule has 4 nitrogen and oxygen atoms in total. The number of anilines is 1. The zero-order valence-corrected chi connectivity index (χ0v) is 13.1. The van der Waals surface area contributed by atoms with Gasteiger partial charge in [-0.05, 0) is 42.5 Å². The molecule has 0 spiro atoms. The maximum absolute atomic E-state index is 12.1. The maximum atomic E-state index is 12.1. The minimum atomic E-state index is -3.84. The van der Waals surface area contributed by atoms with Crippen LogP contribution < -0.4 is 9.46 Å². The Morgan fingerprint density at radius 1 is 1.05 bits per heavy atom. The highest BCUT2D eigenvalue weighted by Crippen LogP contribution is 2.30. The van der Waals surface area contributed by atoms with E-state index in [0.717, 1.165) is 6.07 Å². The SMILES string of the molecule is O=S(=O)(Nc1ccc(OC(F)F)c(Cl)c1)c1ccc(Cl)cc1. The van der Waals surface area contributed by atoms with Crippen molar-refractivity contribution in [3.05, 3.63) is 52.5 Å². The number of sulfonamides is 1. The molecule has 0 aliphatic rings. The van der Waals surface area contributed by atoms with E-state index in [0.29, 0.717) is 5.02 Å². The number of rotatable bonds is 5. The minimum absolute atomic E-state index is 0.000861. The second kappa shape index (κ2) is 6.68. The van der Waals surface area contributed by atoms with Crippen molar-refractivity contribution in [2.45, 2.75) is 11.5 Å². The van der Waals surface area contributed by atoms with Gasteiger partial charge in [0.1, 0.15) is 5.75 Å². The third-order valence-electron chi connectivity index (χ3n) is 2.52. The smallest absolute Gasteiger partial charge is 0.387 e. The Morgan fingerprint density at radius 3 is 2.23 bits per heavy atom. The molecule has 0 aliphatic carbocycles. The summed E-state index contributed by atoms with van der Waals surface area (Å²) >= 11 is 11.5. The third kappa shape index (κ3) is 4.22. The van der Waals surface area contributed by atoms with Crippen LogP contribution in [0, 0.1) is 0 Å². The first-order chi connectivity index (χ1) is 10.3. The lowest BCUT2D eigenvalue weighted by molar-refractivity contribution is -0.0497. The molecule has 0 aliphatic heterocycles. The normalized spacial score (nSPS) is 11.5. The van der Waals surface area contributed by atoms with E-state index in [2.05, 4.69) is 9.46 Å². The molecule has 2 rings (SSSR count). The van der Waals surface area contributed by atoms with Crippen molar-refractivity contribution in [1.29, 1.82) is 0 Å². The Labute approximate surface area is 135 Å². The predicted octanol–water partition coefficient (Wildman–Crippen LogP) is 4.40. The van der Waals surface area contributed by atoms with E-state index in [1.807, 2.05) is 0 Å². The van der Waals surface area contributed by atoms with Crippen LogP contribution in [0.5, 0.6) is 5.75 Å². The van der Waals surface area contributed by atoms with E-state index < -0.39 is 16.6 Å². The summed E-state index contributed by atoms with van der Waals surface area (Å²) in [5, 5.41) is 0.257. The summed E-state index contributed by atoms with van der Waals surface area (Å²) in [6.45, 7) is -3.02. The fourth-order valence-corrected chi connectivity index (χ4v) is 2.98. The predicted molar refractivity (Wildman–Crippen MR) is 80.3 cm³/mol. The summed E-state index contributed by atoms with van der Waals surface area (Å²) in [5.41, 5.74) is 0.113. The molecule has 2 aromatic carbocycles. The molecule has 118 valence electrons. The van der Waals surface area contributed by atoms with Crippen LogP contribution in [0.4, 0.5) is 14.5 Å². The lowest BCUT2D eigenvalue weighted by Gasteiger charge is -2.11. The summed E-state index contributed by atoms with van der Waals surface area (Å²) in [7, 11) is -3.84. The van der Waals surface area contributed by atoms with Crippen LogP contribution in [-0.4, -0.2) is 15.0 Å².